The minimum Gasteiger partial charge on any atom is -0.352 e. The zero-order valence-electron chi connectivity index (χ0n) is 16.2. The van der Waals surface area contributed by atoms with E-state index in [0.29, 0.717) is 55.5 Å². The fraction of sp³-hybridized carbons (Fsp3) is 0.348. The van der Waals surface area contributed by atoms with Crippen LogP contribution in [0.5, 0.6) is 0 Å². The molecule has 0 atom stereocenters. The van der Waals surface area contributed by atoms with E-state index < -0.39 is 0 Å². The summed E-state index contributed by atoms with van der Waals surface area (Å²) in [4.78, 5) is 41.5. The first-order chi connectivity index (χ1) is 14.1. The maximum Gasteiger partial charge on any atom is 0.253 e. The van der Waals surface area contributed by atoms with Gasteiger partial charge in [0.15, 0.2) is 5.78 Å². The van der Waals surface area contributed by atoms with Crippen LogP contribution in [0.1, 0.15) is 39.1 Å². The number of carbonyl (C=O) groups excluding carboxylic acids is 3. The van der Waals surface area contributed by atoms with Gasteiger partial charge < -0.3 is 10.2 Å². The van der Waals surface area contributed by atoms with Crippen LogP contribution in [0.4, 0.5) is 0 Å². The highest BCUT2D eigenvalue weighted by molar-refractivity contribution is 6.22. The highest BCUT2D eigenvalue weighted by atomic mass is 16.2. The second-order valence-corrected chi connectivity index (χ2v) is 8.05. The predicted octanol–water partition coefficient (Wildman–Crippen LogP) is 1.93. The first-order valence-corrected chi connectivity index (χ1v) is 10.2. The maximum absolute atomic E-state index is 13.0. The van der Waals surface area contributed by atoms with Crippen LogP contribution in [0.2, 0.25) is 0 Å². The molecule has 148 valence electrons. The van der Waals surface area contributed by atoms with E-state index in [4.69, 9.17) is 0 Å². The van der Waals surface area contributed by atoms with Crippen molar-refractivity contribution in [2.75, 3.05) is 32.7 Å². The summed E-state index contributed by atoms with van der Waals surface area (Å²) in [5.41, 5.74) is 3.68. The number of amides is 2. The maximum atomic E-state index is 13.0. The van der Waals surface area contributed by atoms with Gasteiger partial charge in [0.05, 0.1) is 6.54 Å². The minimum absolute atomic E-state index is 0.0169. The summed E-state index contributed by atoms with van der Waals surface area (Å²) in [6.45, 7) is 2.92. The molecule has 0 aromatic heterocycles. The molecule has 0 bridgehead atoms. The molecule has 3 aliphatic rings. The van der Waals surface area contributed by atoms with Gasteiger partial charge in [-0.15, -0.1) is 0 Å². The molecule has 2 aliphatic carbocycles. The predicted molar refractivity (Wildman–Crippen MR) is 109 cm³/mol. The molecule has 6 nitrogen and oxygen atoms in total. The summed E-state index contributed by atoms with van der Waals surface area (Å²) in [5.74, 6) is -0.000593. The van der Waals surface area contributed by atoms with E-state index in [1.165, 1.54) is 0 Å². The number of carbonyl (C=O) groups is 3. The molecule has 29 heavy (non-hydrogen) atoms. The lowest BCUT2D eigenvalue weighted by Crippen LogP contribution is -2.51. The van der Waals surface area contributed by atoms with Gasteiger partial charge in [-0.3, -0.25) is 19.3 Å². The van der Waals surface area contributed by atoms with E-state index in [9.17, 15) is 14.4 Å². The standard InChI is InChI=1S/C23H23N3O3/c27-21(24-16-6-7-16)14-25-9-11-26(12-10-25)23(29)15-5-8-18-17-3-1-2-4-19(17)22(28)20(18)13-15/h1-5,8,13,16H,6-7,9-12,14H2,(H,24,27). The van der Waals surface area contributed by atoms with Crippen LogP contribution in [0.3, 0.4) is 0 Å². The lowest BCUT2D eigenvalue weighted by molar-refractivity contribution is -0.122. The second kappa shape index (κ2) is 7.12. The fourth-order valence-corrected chi connectivity index (χ4v) is 4.16. The van der Waals surface area contributed by atoms with Crippen LogP contribution in [0.25, 0.3) is 11.1 Å². The van der Waals surface area contributed by atoms with E-state index in [2.05, 4.69) is 10.2 Å². The quantitative estimate of drug-likeness (QED) is 0.740. The first-order valence-electron chi connectivity index (χ1n) is 10.2. The van der Waals surface area contributed by atoms with Gasteiger partial charge in [0.1, 0.15) is 0 Å². The molecule has 0 spiro atoms. The molecule has 1 aliphatic heterocycles. The molecule has 5 rings (SSSR count). The number of hydrogen-bond acceptors (Lipinski definition) is 4. The number of benzene rings is 2. The smallest absolute Gasteiger partial charge is 0.253 e. The molecule has 1 saturated heterocycles. The first kappa shape index (κ1) is 18.1. The van der Waals surface area contributed by atoms with Crippen LogP contribution in [0.15, 0.2) is 42.5 Å². The number of piperazine rings is 1. The van der Waals surface area contributed by atoms with Crippen molar-refractivity contribution in [3.8, 4) is 11.1 Å². The van der Waals surface area contributed by atoms with E-state index in [1.807, 2.05) is 41.3 Å². The largest absolute Gasteiger partial charge is 0.352 e. The Morgan fingerprint density at radius 1 is 0.897 bits per heavy atom. The van der Waals surface area contributed by atoms with Crippen LogP contribution < -0.4 is 5.32 Å². The number of rotatable bonds is 4. The molecule has 2 aromatic carbocycles. The van der Waals surface area contributed by atoms with Crippen molar-refractivity contribution in [3.63, 3.8) is 0 Å². The molecular formula is C23H23N3O3. The highest BCUT2D eigenvalue weighted by Crippen LogP contribution is 2.36. The lowest BCUT2D eigenvalue weighted by atomic mass is 10.0. The number of ketones is 1. The van der Waals surface area contributed by atoms with Crippen LogP contribution in [-0.4, -0.2) is 66.2 Å². The summed E-state index contributed by atoms with van der Waals surface area (Å²) in [5, 5.41) is 3.00. The van der Waals surface area contributed by atoms with Crippen LogP contribution in [0, 0.1) is 0 Å². The molecular weight excluding hydrogens is 366 g/mol. The van der Waals surface area contributed by atoms with Crippen molar-refractivity contribution in [1.82, 2.24) is 15.1 Å². The summed E-state index contributed by atoms with van der Waals surface area (Å²) in [7, 11) is 0. The Bertz CT molecular complexity index is 1000. The Balaban J connectivity index is 1.24. The summed E-state index contributed by atoms with van der Waals surface area (Å²) in [6.07, 6.45) is 2.17. The molecule has 1 N–H and O–H groups in total. The van der Waals surface area contributed by atoms with Crippen LogP contribution >= 0.6 is 0 Å². The zero-order valence-corrected chi connectivity index (χ0v) is 16.2. The summed E-state index contributed by atoms with van der Waals surface area (Å²) < 4.78 is 0. The normalized spacial score (nSPS) is 18.3. The van der Waals surface area contributed by atoms with Gasteiger partial charge in [0.2, 0.25) is 5.91 Å². The molecule has 1 saturated carbocycles. The SMILES string of the molecule is O=C(CN1CCN(C(=O)c2ccc3c(c2)C(=O)c2ccccc2-3)CC1)NC1CC1. The van der Waals surface area contributed by atoms with Crippen molar-refractivity contribution in [1.29, 1.82) is 0 Å². The highest BCUT2D eigenvalue weighted by Gasteiger charge is 2.29. The van der Waals surface area contributed by atoms with Gasteiger partial charge in [-0.25, -0.2) is 0 Å². The van der Waals surface area contributed by atoms with Crippen molar-refractivity contribution in [2.24, 2.45) is 0 Å². The van der Waals surface area contributed by atoms with Crippen LogP contribution in [-0.2, 0) is 4.79 Å². The zero-order chi connectivity index (χ0) is 20.0. The molecule has 0 unspecified atom stereocenters. The average Bonchev–Trinajstić information content (AvgIpc) is 3.52. The van der Waals surface area contributed by atoms with Crippen molar-refractivity contribution in [2.45, 2.75) is 18.9 Å². The molecule has 2 aromatic rings. The lowest BCUT2D eigenvalue weighted by Gasteiger charge is -2.34. The number of fused-ring (bicyclic) bond motifs is 3. The Labute approximate surface area is 169 Å². The minimum atomic E-state index is -0.0568. The third-order valence-corrected chi connectivity index (χ3v) is 5.94. The third-order valence-electron chi connectivity index (χ3n) is 5.94. The summed E-state index contributed by atoms with van der Waals surface area (Å²) >= 11 is 0. The summed E-state index contributed by atoms with van der Waals surface area (Å²) in [6, 6.07) is 13.4. The van der Waals surface area contributed by atoms with Crippen molar-refractivity contribution < 1.29 is 14.4 Å². The number of nitrogens with zero attached hydrogens (tertiary/aromatic N) is 2. The van der Waals surface area contributed by atoms with E-state index >= 15 is 0 Å². The Hall–Kier alpha value is -2.99. The molecule has 1 heterocycles. The average molecular weight is 389 g/mol. The van der Waals surface area contributed by atoms with Crippen molar-refractivity contribution >= 4 is 17.6 Å². The van der Waals surface area contributed by atoms with Crippen molar-refractivity contribution in [3.05, 3.63) is 59.2 Å². The third kappa shape index (κ3) is 3.44. The van der Waals surface area contributed by atoms with E-state index in [0.717, 1.165) is 24.0 Å². The van der Waals surface area contributed by atoms with E-state index in [-0.39, 0.29) is 17.6 Å². The molecule has 2 amide bonds. The Kier molecular flexibility index (Phi) is 4.43. The van der Waals surface area contributed by atoms with Gasteiger partial charge >= 0.3 is 0 Å². The second-order valence-electron chi connectivity index (χ2n) is 8.05. The van der Waals surface area contributed by atoms with Gasteiger partial charge in [0, 0.05) is 48.9 Å². The number of hydrogen-bond donors (Lipinski definition) is 1. The Morgan fingerprint density at radius 3 is 2.31 bits per heavy atom. The van der Waals surface area contributed by atoms with E-state index in [1.54, 1.807) is 6.07 Å². The molecule has 0 radical (unpaired) electrons. The monoisotopic (exact) mass is 389 g/mol. The molecule has 2 fully saturated rings. The van der Waals surface area contributed by atoms with Gasteiger partial charge in [-0.1, -0.05) is 30.3 Å². The number of nitrogens with one attached hydrogen (secondary N) is 1. The molecule has 6 heteroatoms. The topological polar surface area (TPSA) is 69.7 Å². The fourth-order valence-electron chi connectivity index (χ4n) is 4.16. The van der Waals surface area contributed by atoms with Gasteiger partial charge in [0.25, 0.3) is 5.91 Å². The van der Waals surface area contributed by atoms with Gasteiger partial charge in [-0.05, 0) is 36.1 Å². The van der Waals surface area contributed by atoms with Gasteiger partial charge in [-0.2, -0.15) is 0 Å². The Morgan fingerprint density at radius 2 is 1.59 bits per heavy atom.